The number of carbonyl (C=O) groups excluding carboxylic acids is 1. The van der Waals surface area contributed by atoms with E-state index >= 15 is 0 Å². The van der Waals surface area contributed by atoms with Crippen LogP contribution in [-0.2, 0) is 4.79 Å². The summed E-state index contributed by atoms with van der Waals surface area (Å²) in [5.41, 5.74) is 0.584. The van der Waals surface area contributed by atoms with Gasteiger partial charge in [0.05, 0.1) is 0 Å². The first kappa shape index (κ1) is 14.1. The molecular formula is C13H14ClF2NO2. The number of alkyl halides is 3. The van der Waals surface area contributed by atoms with E-state index < -0.39 is 12.0 Å². The molecule has 1 amide bonds. The maximum absolute atomic E-state index is 12.1. The number of nitrogens with zero attached hydrogens (tertiary/aromatic N) is 1. The lowest BCUT2D eigenvalue weighted by atomic mass is 10.1. The number of rotatable bonds is 4. The molecule has 1 saturated heterocycles. The zero-order chi connectivity index (χ0) is 13.8. The molecule has 3 nitrogen and oxygen atoms in total. The van der Waals surface area contributed by atoms with Crippen molar-refractivity contribution in [3.8, 4) is 5.75 Å². The van der Waals surface area contributed by atoms with E-state index in [9.17, 15) is 13.6 Å². The molecule has 1 aliphatic rings. The molecule has 1 aromatic rings. The molecule has 1 atom stereocenters. The smallest absolute Gasteiger partial charge is 0.387 e. The second kappa shape index (κ2) is 6.19. The summed E-state index contributed by atoms with van der Waals surface area (Å²) in [6, 6.07) is 5.83. The van der Waals surface area contributed by atoms with Crippen LogP contribution >= 0.6 is 11.6 Å². The van der Waals surface area contributed by atoms with Gasteiger partial charge in [0.2, 0.25) is 5.91 Å². The molecule has 0 bridgehead atoms. The SMILES string of the molecule is O=C(C(Cl)c1ccc(OC(F)F)cc1)N1CCCC1. The summed E-state index contributed by atoms with van der Waals surface area (Å²) in [5.74, 6) is -0.0852. The number of amides is 1. The van der Waals surface area contributed by atoms with Crippen LogP contribution in [0.25, 0.3) is 0 Å². The number of hydrogen-bond acceptors (Lipinski definition) is 2. The Labute approximate surface area is 115 Å². The third-order valence-electron chi connectivity index (χ3n) is 3.03. The molecule has 1 fully saturated rings. The Balaban J connectivity index is 2.02. The number of hydrogen-bond donors (Lipinski definition) is 0. The maximum Gasteiger partial charge on any atom is 0.387 e. The summed E-state index contributed by atoms with van der Waals surface area (Å²) in [4.78, 5) is 13.8. The number of ether oxygens (including phenoxy) is 1. The van der Waals surface area contributed by atoms with E-state index in [0.29, 0.717) is 5.56 Å². The summed E-state index contributed by atoms with van der Waals surface area (Å²) in [6.45, 7) is -1.40. The molecule has 2 rings (SSSR count). The lowest BCUT2D eigenvalue weighted by Gasteiger charge is -2.19. The van der Waals surface area contributed by atoms with Crippen molar-refractivity contribution < 1.29 is 18.3 Å². The minimum Gasteiger partial charge on any atom is -0.435 e. The van der Waals surface area contributed by atoms with Gasteiger partial charge in [-0.15, -0.1) is 11.6 Å². The molecule has 6 heteroatoms. The van der Waals surface area contributed by atoms with Gasteiger partial charge in [0.1, 0.15) is 11.1 Å². The fourth-order valence-corrected chi connectivity index (χ4v) is 2.34. The molecule has 0 saturated carbocycles. The minimum atomic E-state index is -2.86. The van der Waals surface area contributed by atoms with Crippen molar-refractivity contribution in [3.63, 3.8) is 0 Å². The Kier molecular flexibility index (Phi) is 4.58. The van der Waals surface area contributed by atoms with Crippen molar-refractivity contribution in [3.05, 3.63) is 29.8 Å². The second-order valence-corrected chi connectivity index (χ2v) is 4.78. The molecule has 0 aliphatic carbocycles. The highest BCUT2D eigenvalue weighted by Gasteiger charge is 2.25. The highest BCUT2D eigenvalue weighted by molar-refractivity contribution is 6.30. The molecule has 0 spiro atoms. The first-order valence-electron chi connectivity index (χ1n) is 6.05. The van der Waals surface area contributed by atoms with Gasteiger partial charge in [-0.1, -0.05) is 12.1 Å². The Morgan fingerprint density at radius 1 is 1.21 bits per heavy atom. The van der Waals surface area contributed by atoms with Crippen LogP contribution in [0.4, 0.5) is 8.78 Å². The average molecular weight is 290 g/mol. The molecule has 104 valence electrons. The van der Waals surface area contributed by atoms with Crippen molar-refractivity contribution >= 4 is 17.5 Å². The van der Waals surface area contributed by atoms with Crippen LogP contribution in [0.1, 0.15) is 23.8 Å². The third-order valence-corrected chi connectivity index (χ3v) is 3.47. The summed E-state index contributed by atoms with van der Waals surface area (Å²) < 4.78 is 28.2. The van der Waals surface area contributed by atoms with Gasteiger partial charge in [-0.25, -0.2) is 0 Å². The fraction of sp³-hybridized carbons (Fsp3) is 0.462. The Morgan fingerprint density at radius 3 is 2.32 bits per heavy atom. The van der Waals surface area contributed by atoms with E-state index in [0.717, 1.165) is 25.9 Å². The minimum absolute atomic E-state index is 0.0521. The van der Waals surface area contributed by atoms with Gasteiger partial charge in [0.15, 0.2) is 0 Å². The molecule has 1 aromatic carbocycles. The predicted octanol–water partition coefficient (Wildman–Crippen LogP) is 3.19. The zero-order valence-electron chi connectivity index (χ0n) is 10.2. The van der Waals surface area contributed by atoms with Crippen LogP contribution in [0.2, 0.25) is 0 Å². The lowest BCUT2D eigenvalue weighted by Crippen LogP contribution is -2.30. The summed E-state index contributed by atoms with van der Waals surface area (Å²) in [7, 11) is 0. The summed E-state index contributed by atoms with van der Waals surface area (Å²) in [6.07, 6.45) is 1.99. The van der Waals surface area contributed by atoms with Crippen LogP contribution in [0.15, 0.2) is 24.3 Å². The van der Waals surface area contributed by atoms with Gasteiger partial charge in [-0.3, -0.25) is 4.79 Å². The fourth-order valence-electron chi connectivity index (χ4n) is 2.06. The van der Waals surface area contributed by atoms with Crippen LogP contribution in [0.3, 0.4) is 0 Å². The predicted molar refractivity (Wildman–Crippen MR) is 67.5 cm³/mol. The quantitative estimate of drug-likeness (QED) is 0.797. The molecule has 19 heavy (non-hydrogen) atoms. The molecule has 0 aromatic heterocycles. The van der Waals surface area contributed by atoms with Crippen molar-refractivity contribution in [2.24, 2.45) is 0 Å². The third kappa shape index (κ3) is 3.56. The standard InChI is InChI=1S/C13H14ClF2NO2/c14-11(12(18)17-7-1-2-8-17)9-3-5-10(6-4-9)19-13(15)16/h3-6,11,13H,1-2,7-8H2. The van der Waals surface area contributed by atoms with Crippen molar-refractivity contribution in [2.75, 3.05) is 13.1 Å². The molecule has 1 heterocycles. The monoisotopic (exact) mass is 289 g/mol. The van der Waals surface area contributed by atoms with Crippen molar-refractivity contribution in [2.45, 2.75) is 24.8 Å². The molecule has 0 N–H and O–H groups in total. The van der Waals surface area contributed by atoms with Gasteiger partial charge in [0, 0.05) is 13.1 Å². The van der Waals surface area contributed by atoms with Gasteiger partial charge in [-0.05, 0) is 30.5 Å². The largest absolute Gasteiger partial charge is 0.435 e. The maximum atomic E-state index is 12.1. The Morgan fingerprint density at radius 2 is 1.79 bits per heavy atom. The van der Waals surface area contributed by atoms with E-state index in [2.05, 4.69) is 4.74 Å². The van der Waals surface area contributed by atoms with Crippen LogP contribution in [-0.4, -0.2) is 30.5 Å². The van der Waals surface area contributed by atoms with E-state index in [4.69, 9.17) is 11.6 Å². The zero-order valence-corrected chi connectivity index (χ0v) is 10.9. The van der Waals surface area contributed by atoms with Crippen molar-refractivity contribution in [1.82, 2.24) is 4.90 Å². The molecular weight excluding hydrogens is 276 g/mol. The van der Waals surface area contributed by atoms with E-state index in [1.54, 1.807) is 4.90 Å². The highest BCUT2D eigenvalue weighted by atomic mass is 35.5. The number of likely N-dealkylation sites (tertiary alicyclic amines) is 1. The van der Waals surface area contributed by atoms with Gasteiger partial charge in [-0.2, -0.15) is 8.78 Å². The highest BCUT2D eigenvalue weighted by Crippen LogP contribution is 2.27. The first-order valence-corrected chi connectivity index (χ1v) is 6.49. The van der Waals surface area contributed by atoms with Crippen LogP contribution < -0.4 is 4.74 Å². The lowest BCUT2D eigenvalue weighted by molar-refractivity contribution is -0.129. The van der Waals surface area contributed by atoms with E-state index in [1.807, 2.05) is 0 Å². The summed E-state index contributed by atoms with van der Waals surface area (Å²) >= 11 is 6.11. The summed E-state index contributed by atoms with van der Waals surface area (Å²) in [5, 5.41) is -0.779. The average Bonchev–Trinajstić information content (AvgIpc) is 2.91. The number of carbonyl (C=O) groups is 1. The van der Waals surface area contributed by atoms with Crippen LogP contribution in [0, 0.1) is 0 Å². The second-order valence-electron chi connectivity index (χ2n) is 4.34. The van der Waals surface area contributed by atoms with E-state index in [-0.39, 0.29) is 11.7 Å². The van der Waals surface area contributed by atoms with Gasteiger partial charge in [0.25, 0.3) is 0 Å². The van der Waals surface area contributed by atoms with Gasteiger partial charge < -0.3 is 9.64 Å². The number of benzene rings is 1. The Hall–Kier alpha value is -1.36. The normalized spacial score (nSPS) is 16.7. The van der Waals surface area contributed by atoms with Crippen LogP contribution in [0.5, 0.6) is 5.75 Å². The molecule has 1 unspecified atom stereocenters. The topological polar surface area (TPSA) is 29.5 Å². The Bertz CT molecular complexity index is 433. The van der Waals surface area contributed by atoms with E-state index in [1.165, 1.54) is 24.3 Å². The first-order chi connectivity index (χ1) is 9.08. The molecule has 0 radical (unpaired) electrons. The van der Waals surface area contributed by atoms with Crippen molar-refractivity contribution in [1.29, 1.82) is 0 Å². The number of halogens is 3. The molecule has 1 aliphatic heterocycles. The van der Waals surface area contributed by atoms with Gasteiger partial charge >= 0.3 is 6.61 Å².